The lowest BCUT2D eigenvalue weighted by Gasteiger charge is -2.06. The van der Waals surface area contributed by atoms with Crippen molar-refractivity contribution in [3.63, 3.8) is 0 Å². The van der Waals surface area contributed by atoms with Crippen LogP contribution >= 0.6 is 0 Å². The van der Waals surface area contributed by atoms with Crippen molar-refractivity contribution in [2.24, 2.45) is 7.05 Å². The fraction of sp³-hybridized carbons (Fsp3) is 0.143. The van der Waals surface area contributed by atoms with Gasteiger partial charge >= 0.3 is 5.97 Å². The third-order valence-electron chi connectivity index (χ3n) is 2.76. The summed E-state index contributed by atoms with van der Waals surface area (Å²) in [5.41, 5.74) is 0.710. The summed E-state index contributed by atoms with van der Waals surface area (Å²) in [6.45, 7) is 0. The standard InChI is InChI=1S/C14H13N3O4/c1-17-12(18)8-7-11(16-17)13(19)15-10-5-3-9(4-6-10)14(20)21-2/h3-8H,1-2H3,(H,15,19). The van der Waals surface area contributed by atoms with Crippen molar-refractivity contribution in [3.05, 3.63) is 58.0 Å². The third-order valence-corrected chi connectivity index (χ3v) is 2.76. The third kappa shape index (κ3) is 3.33. The molecule has 7 heteroatoms. The molecule has 0 fully saturated rings. The lowest BCUT2D eigenvalue weighted by atomic mass is 10.2. The molecule has 1 amide bonds. The smallest absolute Gasteiger partial charge is 0.337 e. The van der Waals surface area contributed by atoms with Gasteiger partial charge in [-0.3, -0.25) is 9.59 Å². The molecule has 1 aromatic carbocycles. The summed E-state index contributed by atoms with van der Waals surface area (Å²) in [7, 11) is 2.76. The van der Waals surface area contributed by atoms with Crippen LogP contribution in [0.5, 0.6) is 0 Å². The normalized spacial score (nSPS) is 10.0. The number of esters is 1. The Balaban J connectivity index is 2.14. The zero-order valence-corrected chi connectivity index (χ0v) is 11.5. The predicted molar refractivity (Wildman–Crippen MR) is 75.2 cm³/mol. The molecular weight excluding hydrogens is 274 g/mol. The Hall–Kier alpha value is -2.96. The maximum atomic E-state index is 12.0. The number of ether oxygens (including phenoxy) is 1. The molecule has 1 N–H and O–H groups in total. The Morgan fingerprint density at radius 3 is 2.38 bits per heavy atom. The summed E-state index contributed by atoms with van der Waals surface area (Å²) in [5.74, 6) is -0.899. The van der Waals surface area contributed by atoms with Crippen LogP contribution < -0.4 is 10.9 Å². The number of aryl methyl sites for hydroxylation is 1. The molecule has 7 nitrogen and oxygen atoms in total. The van der Waals surface area contributed by atoms with E-state index < -0.39 is 11.9 Å². The molecule has 108 valence electrons. The van der Waals surface area contributed by atoms with Crippen molar-refractivity contribution in [1.82, 2.24) is 9.78 Å². The number of anilines is 1. The first kappa shape index (κ1) is 14.4. The topological polar surface area (TPSA) is 90.3 Å². The highest BCUT2D eigenvalue weighted by Crippen LogP contribution is 2.11. The van der Waals surface area contributed by atoms with E-state index in [4.69, 9.17) is 0 Å². The Kier molecular flexibility index (Phi) is 4.13. The van der Waals surface area contributed by atoms with Crippen molar-refractivity contribution in [1.29, 1.82) is 0 Å². The van der Waals surface area contributed by atoms with Crippen LogP contribution in [0.3, 0.4) is 0 Å². The molecule has 1 aromatic heterocycles. The van der Waals surface area contributed by atoms with Gasteiger partial charge in [0.05, 0.1) is 12.7 Å². The van der Waals surface area contributed by atoms with Crippen molar-refractivity contribution < 1.29 is 14.3 Å². The van der Waals surface area contributed by atoms with E-state index in [1.165, 1.54) is 38.4 Å². The van der Waals surface area contributed by atoms with Crippen LogP contribution in [-0.2, 0) is 11.8 Å². The van der Waals surface area contributed by atoms with Crippen molar-refractivity contribution in [2.75, 3.05) is 12.4 Å². The van der Waals surface area contributed by atoms with E-state index in [1.807, 2.05) is 0 Å². The van der Waals surface area contributed by atoms with Crippen LogP contribution in [0.15, 0.2) is 41.2 Å². The second-order valence-electron chi connectivity index (χ2n) is 4.20. The molecule has 0 spiro atoms. The number of nitrogens with one attached hydrogen (secondary N) is 1. The second-order valence-corrected chi connectivity index (χ2v) is 4.20. The predicted octanol–water partition coefficient (Wildman–Crippen LogP) is 0.819. The number of hydrogen-bond acceptors (Lipinski definition) is 5. The van der Waals surface area contributed by atoms with E-state index in [9.17, 15) is 14.4 Å². The van der Waals surface area contributed by atoms with E-state index in [-0.39, 0.29) is 11.3 Å². The quantitative estimate of drug-likeness (QED) is 0.844. The average molecular weight is 287 g/mol. The van der Waals surface area contributed by atoms with Gasteiger partial charge in [0.25, 0.3) is 11.5 Å². The van der Waals surface area contributed by atoms with Gasteiger partial charge in [0.15, 0.2) is 0 Å². The Bertz CT molecular complexity index is 735. The number of hydrogen-bond donors (Lipinski definition) is 1. The number of aromatic nitrogens is 2. The monoisotopic (exact) mass is 287 g/mol. The Morgan fingerprint density at radius 1 is 1.14 bits per heavy atom. The number of carbonyl (C=O) groups is 2. The van der Waals surface area contributed by atoms with Gasteiger partial charge in [-0.1, -0.05) is 0 Å². The Morgan fingerprint density at radius 2 is 1.81 bits per heavy atom. The first-order chi connectivity index (χ1) is 10.0. The van der Waals surface area contributed by atoms with Gasteiger partial charge in [-0.2, -0.15) is 5.10 Å². The van der Waals surface area contributed by atoms with Gasteiger partial charge in [-0.15, -0.1) is 0 Å². The molecule has 0 aliphatic carbocycles. The molecule has 1 heterocycles. The average Bonchev–Trinajstić information content (AvgIpc) is 2.50. The number of carbonyl (C=O) groups excluding carboxylic acids is 2. The van der Waals surface area contributed by atoms with Crippen LogP contribution in [0, 0.1) is 0 Å². The molecule has 0 aliphatic rings. The van der Waals surface area contributed by atoms with Crippen LogP contribution in [0.25, 0.3) is 0 Å². The lowest BCUT2D eigenvalue weighted by Crippen LogP contribution is -2.23. The fourth-order valence-corrected chi connectivity index (χ4v) is 1.63. The van der Waals surface area contributed by atoms with Crippen LogP contribution in [0.1, 0.15) is 20.8 Å². The van der Waals surface area contributed by atoms with Gasteiger partial charge in [-0.05, 0) is 30.3 Å². The summed E-state index contributed by atoms with van der Waals surface area (Å²) in [4.78, 5) is 34.5. The zero-order valence-electron chi connectivity index (χ0n) is 11.5. The number of rotatable bonds is 3. The van der Waals surface area contributed by atoms with E-state index in [0.717, 1.165) is 4.68 Å². The van der Waals surface area contributed by atoms with Crippen LogP contribution in [0.4, 0.5) is 5.69 Å². The molecule has 0 aliphatic heterocycles. The zero-order chi connectivity index (χ0) is 15.4. The summed E-state index contributed by atoms with van der Waals surface area (Å²) < 4.78 is 5.66. The molecule has 0 radical (unpaired) electrons. The van der Waals surface area contributed by atoms with Crippen molar-refractivity contribution in [3.8, 4) is 0 Å². The number of amides is 1. The first-order valence-corrected chi connectivity index (χ1v) is 6.05. The molecule has 2 rings (SSSR count). The SMILES string of the molecule is COC(=O)c1ccc(NC(=O)c2ccc(=O)n(C)n2)cc1. The van der Waals surface area contributed by atoms with Gasteiger partial charge in [0, 0.05) is 18.8 Å². The summed E-state index contributed by atoms with van der Waals surface area (Å²) in [6, 6.07) is 8.84. The summed E-state index contributed by atoms with van der Waals surface area (Å²) in [6.07, 6.45) is 0. The van der Waals surface area contributed by atoms with E-state index in [1.54, 1.807) is 12.1 Å². The molecule has 0 saturated carbocycles. The minimum atomic E-state index is -0.451. The van der Waals surface area contributed by atoms with E-state index in [0.29, 0.717) is 11.3 Å². The van der Waals surface area contributed by atoms with Crippen LogP contribution in [0.2, 0.25) is 0 Å². The van der Waals surface area contributed by atoms with Crippen LogP contribution in [-0.4, -0.2) is 28.8 Å². The lowest BCUT2D eigenvalue weighted by molar-refractivity contribution is 0.0600. The maximum absolute atomic E-state index is 12.0. The molecule has 0 atom stereocenters. The fourth-order valence-electron chi connectivity index (χ4n) is 1.63. The van der Waals surface area contributed by atoms with Gasteiger partial charge in [0.2, 0.25) is 0 Å². The Labute approximate surface area is 120 Å². The van der Waals surface area contributed by atoms with E-state index >= 15 is 0 Å². The maximum Gasteiger partial charge on any atom is 0.337 e. The van der Waals surface area contributed by atoms with Gasteiger partial charge in [0.1, 0.15) is 5.69 Å². The number of methoxy groups -OCH3 is 1. The highest BCUT2D eigenvalue weighted by atomic mass is 16.5. The van der Waals surface area contributed by atoms with Gasteiger partial charge in [-0.25, -0.2) is 9.48 Å². The second kappa shape index (κ2) is 6.00. The highest BCUT2D eigenvalue weighted by molar-refractivity contribution is 6.03. The number of benzene rings is 1. The summed E-state index contributed by atoms with van der Waals surface area (Å²) in [5, 5.41) is 6.47. The summed E-state index contributed by atoms with van der Waals surface area (Å²) >= 11 is 0. The number of nitrogens with zero attached hydrogens (tertiary/aromatic N) is 2. The largest absolute Gasteiger partial charge is 0.465 e. The van der Waals surface area contributed by atoms with Crippen molar-refractivity contribution >= 4 is 17.6 Å². The molecule has 2 aromatic rings. The molecular formula is C14H13N3O4. The van der Waals surface area contributed by atoms with Crippen molar-refractivity contribution in [2.45, 2.75) is 0 Å². The van der Waals surface area contributed by atoms with Gasteiger partial charge < -0.3 is 10.1 Å². The molecule has 0 unspecified atom stereocenters. The first-order valence-electron chi connectivity index (χ1n) is 6.05. The minimum absolute atomic E-state index is 0.120. The molecule has 0 bridgehead atoms. The minimum Gasteiger partial charge on any atom is -0.465 e. The molecule has 0 saturated heterocycles. The molecule has 21 heavy (non-hydrogen) atoms. The van der Waals surface area contributed by atoms with E-state index in [2.05, 4.69) is 15.2 Å². The highest BCUT2D eigenvalue weighted by Gasteiger charge is 2.10.